The van der Waals surface area contributed by atoms with Gasteiger partial charge in [-0.15, -0.1) is 24.8 Å². The molecule has 2 aliphatic carbocycles. The predicted octanol–water partition coefficient (Wildman–Crippen LogP) is 2.10. The Labute approximate surface area is 99.2 Å². The van der Waals surface area contributed by atoms with E-state index in [1.165, 1.54) is 45.1 Å². The van der Waals surface area contributed by atoms with Crippen LogP contribution in [0.25, 0.3) is 0 Å². The van der Waals surface area contributed by atoms with E-state index < -0.39 is 0 Å². The van der Waals surface area contributed by atoms with Crippen molar-refractivity contribution in [2.75, 3.05) is 6.54 Å². The first-order valence-electron chi connectivity index (χ1n) is 5.35. The molecule has 0 spiro atoms. The maximum absolute atomic E-state index is 6.05. The van der Waals surface area contributed by atoms with Gasteiger partial charge in [0.1, 0.15) is 0 Å². The first-order valence-corrected chi connectivity index (χ1v) is 5.35. The van der Waals surface area contributed by atoms with E-state index in [4.69, 9.17) is 5.73 Å². The molecule has 3 N–H and O–H groups in total. The quantitative estimate of drug-likeness (QED) is 0.794. The fourth-order valence-corrected chi connectivity index (χ4v) is 2.10. The fourth-order valence-electron chi connectivity index (χ4n) is 2.10. The maximum atomic E-state index is 6.05. The van der Waals surface area contributed by atoms with E-state index in [0.29, 0.717) is 6.04 Å². The van der Waals surface area contributed by atoms with E-state index in [9.17, 15) is 0 Å². The van der Waals surface area contributed by atoms with Crippen LogP contribution in [-0.2, 0) is 0 Å². The number of hydrogen-bond donors (Lipinski definition) is 2. The van der Waals surface area contributed by atoms with E-state index in [0.717, 1.165) is 12.0 Å². The van der Waals surface area contributed by atoms with Crippen LogP contribution in [-0.4, -0.2) is 18.6 Å². The van der Waals surface area contributed by atoms with E-state index in [-0.39, 0.29) is 24.8 Å². The molecule has 2 rings (SSSR count). The highest BCUT2D eigenvalue weighted by molar-refractivity contribution is 5.85. The third-order valence-corrected chi connectivity index (χ3v) is 3.21. The Balaban J connectivity index is 0.000000845. The van der Waals surface area contributed by atoms with Crippen molar-refractivity contribution in [3.05, 3.63) is 0 Å². The lowest BCUT2D eigenvalue weighted by Gasteiger charge is -2.28. The van der Waals surface area contributed by atoms with E-state index >= 15 is 0 Å². The zero-order valence-corrected chi connectivity index (χ0v) is 10.2. The lowest BCUT2D eigenvalue weighted by Crippen LogP contribution is -2.39. The molecule has 86 valence electrons. The van der Waals surface area contributed by atoms with Gasteiger partial charge in [-0.3, -0.25) is 0 Å². The summed E-state index contributed by atoms with van der Waals surface area (Å²) in [5, 5.41) is 3.58. The van der Waals surface area contributed by atoms with Gasteiger partial charge in [-0.05, 0) is 38.1 Å². The van der Waals surface area contributed by atoms with Crippen LogP contribution in [0.2, 0.25) is 0 Å². The van der Waals surface area contributed by atoms with Crippen LogP contribution in [0.1, 0.15) is 38.5 Å². The van der Waals surface area contributed by atoms with Crippen LogP contribution < -0.4 is 11.1 Å². The Morgan fingerprint density at radius 1 is 1.00 bits per heavy atom. The molecular weight excluding hydrogens is 219 g/mol. The molecule has 0 aliphatic heterocycles. The molecule has 2 aliphatic rings. The monoisotopic (exact) mass is 240 g/mol. The second-order valence-corrected chi connectivity index (χ2v) is 4.39. The molecule has 0 bridgehead atoms. The topological polar surface area (TPSA) is 38.0 Å². The standard InChI is InChI=1S/C10H20N2.2ClH/c11-10-4-2-1-3-8(10)7-12-9-5-6-9;;/h8-10,12H,1-7,11H2;2*1H/t8-,10-;;/m0../s1. The summed E-state index contributed by atoms with van der Waals surface area (Å²) in [5.41, 5.74) is 6.05. The van der Waals surface area contributed by atoms with Gasteiger partial charge in [0, 0.05) is 12.1 Å². The third kappa shape index (κ3) is 4.35. The molecule has 0 aromatic heterocycles. The number of halogens is 2. The molecule has 14 heavy (non-hydrogen) atoms. The fraction of sp³-hybridized carbons (Fsp3) is 1.00. The summed E-state index contributed by atoms with van der Waals surface area (Å²) in [6.45, 7) is 1.17. The van der Waals surface area contributed by atoms with Crippen molar-refractivity contribution >= 4 is 24.8 Å². The molecule has 0 amide bonds. The summed E-state index contributed by atoms with van der Waals surface area (Å²) in [4.78, 5) is 0. The van der Waals surface area contributed by atoms with E-state index in [1.54, 1.807) is 0 Å². The van der Waals surface area contributed by atoms with E-state index in [2.05, 4.69) is 5.32 Å². The SMILES string of the molecule is Cl.Cl.N[C@H]1CCCC[C@H]1CNC1CC1. The van der Waals surface area contributed by atoms with Crippen molar-refractivity contribution in [1.29, 1.82) is 0 Å². The molecule has 0 aromatic carbocycles. The molecule has 2 atom stereocenters. The lowest BCUT2D eigenvalue weighted by atomic mass is 9.85. The zero-order chi connectivity index (χ0) is 8.39. The van der Waals surface area contributed by atoms with Gasteiger partial charge >= 0.3 is 0 Å². The van der Waals surface area contributed by atoms with Gasteiger partial charge < -0.3 is 11.1 Å². The van der Waals surface area contributed by atoms with Crippen molar-refractivity contribution < 1.29 is 0 Å². The Morgan fingerprint density at radius 2 is 1.64 bits per heavy atom. The number of hydrogen-bond acceptors (Lipinski definition) is 2. The van der Waals surface area contributed by atoms with Gasteiger partial charge in [0.25, 0.3) is 0 Å². The predicted molar refractivity (Wildman–Crippen MR) is 65.5 cm³/mol. The van der Waals surface area contributed by atoms with Crippen LogP contribution in [0.15, 0.2) is 0 Å². The molecule has 2 fully saturated rings. The number of rotatable bonds is 3. The molecule has 0 saturated heterocycles. The minimum atomic E-state index is 0. The van der Waals surface area contributed by atoms with Crippen molar-refractivity contribution in [2.24, 2.45) is 11.7 Å². The van der Waals surface area contributed by atoms with Crippen molar-refractivity contribution in [3.63, 3.8) is 0 Å². The maximum Gasteiger partial charge on any atom is 0.00792 e. The molecule has 2 nitrogen and oxygen atoms in total. The number of nitrogens with two attached hydrogens (primary N) is 1. The second-order valence-electron chi connectivity index (χ2n) is 4.39. The molecule has 4 heteroatoms. The van der Waals surface area contributed by atoms with Gasteiger partial charge in [-0.2, -0.15) is 0 Å². The van der Waals surface area contributed by atoms with Gasteiger partial charge in [0.2, 0.25) is 0 Å². The summed E-state index contributed by atoms with van der Waals surface area (Å²) in [7, 11) is 0. The highest BCUT2D eigenvalue weighted by Gasteiger charge is 2.25. The van der Waals surface area contributed by atoms with Gasteiger partial charge in [-0.1, -0.05) is 12.8 Å². The van der Waals surface area contributed by atoms with Gasteiger partial charge in [0.05, 0.1) is 0 Å². The molecule has 0 heterocycles. The number of nitrogens with one attached hydrogen (secondary N) is 1. The normalized spacial score (nSPS) is 31.5. The molecule has 2 saturated carbocycles. The molecule has 0 aromatic rings. The van der Waals surface area contributed by atoms with Crippen molar-refractivity contribution in [1.82, 2.24) is 5.32 Å². The van der Waals surface area contributed by atoms with Crippen LogP contribution >= 0.6 is 24.8 Å². The lowest BCUT2D eigenvalue weighted by molar-refractivity contribution is 0.296. The largest absolute Gasteiger partial charge is 0.327 e. The average Bonchev–Trinajstić information content (AvgIpc) is 2.86. The molecular formula is C10H22Cl2N2. The molecule has 0 radical (unpaired) electrons. The minimum Gasteiger partial charge on any atom is -0.327 e. The smallest absolute Gasteiger partial charge is 0.00792 e. The van der Waals surface area contributed by atoms with Gasteiger partial charge in [0.15, 0.2) is 0 Å². The van der Waals surface area contributed by atoms with E-state index in [1.807, 2.05) is 0 Å². The first kappa shape index (κ1) is 14.5. The van der Waals surface area contributed by atoms with Crippen LogP contribution in [0.3, 0.4) is 0 Å². The Bertz CT molecular complexity index is 151. The molecule has 0 unspecified atom stereocenters. The average molecular weight is 241 g/mol. The van der Waals surface area contributed by atoms with Crippen LogP contribution in [0.4, 0.5) is 0 Å². The highest BCUT2D eigenvalue weighted by atomic mass is 35.5. The summed E-state index contributed by atoms with van der Waals surface area (Å²) in [5.74, 6) is 0.763. The third-order valence-electron chi connectivity index (χ3n) is 3.21. The summed E-state index contributed by atoms with van der Waals surface area (Å²) >= 11 is 0. The summed E-state index contributed by atoms with van der Waals surface area (Å²) < 4.78 is 0. The minimum absolute atomic E-state index is 0. The Kier molecular flexibility index (Phi) is 7.13. The van der Waals surface area contributed by atoms with Crippen molar-refractivity contribution in [2.45, 2.75) is 50.6 Å². The second kappa shape index (κ2) is 6.89. The van der Waals surface area contributed by atoms with Crippen LogP contribution in [0.5, 0.6) is 0 Å². The Hall–Kier alpha value is 0.500. The summed E-state index contributed by atoms with van der Waals surface area (Å²) in [6.07, 6.45) is 8.12. The Morgan fingerprint density at radius 3 is 2.21 bits per heavy atom. The zero-order valence-electron chi connectivity index (χ0n) is 8.58. The first-order chi connectivity index (χ1) is 5.86. The van der Waals surface area contributed by atoms with Crippen molar-refractivity contribution in [3.8, 4) is 0 Å². The summed E-state index contributed by atoms with van der Waals surface area (Å²) in [6, 6.07) is 1.32. The van der Waals surface area contributed by atoms with Crippen LogP contribution in [0, 0.1) is 5.92 Å². The van der Waals surface area contributed by atoms with Gasteiger partial charge in [-0.25, -0.2) is 0 Å². The highest BCUT2D eigenvalue weighted by Crippen LogP contribution is 2.24.